The molecule has 2 amide bonds. The third-order valence-electron chi connectivity index (χ3n) is 3.85. The zero-order valence-electron chi connectivity index (χ0n) is 13.6. The van der Waals surface area contributed by atoms with Crippen molar-refractivity contribution < 1.29 is 14.7 Å². The first-order chi connectivity index (χ1) is 11.0. The highest BCUT2D eigenvalue weighted by Crippen LogP contribution is 2.14. The van der Waals surface area contributed by atoms with Gasteiger partial charge < -0.3 is 15.3 Å². The predicted molar refractivity (Wildman–Crippen MR) is 88.8 cm³/mol. The Kier molecular flexibility index (Phi) is 6.47. The van der Waals surface area contributed by atoms with Gasteiger partial charge in [0.1, 0.15) is 6.10 Å². The lowest BCUT2D eigenvalue weighted by Crippen LogP contribution is -2.34. The lowest BCUT2D eigenvalue weighted by atomic mass is 10.2. The van der Waals surface area contributed by atoms with Gasteiger partial charge >= 0.3 is 0 Å². The molecule has 0 aliphatic carbocycles. The summed E-state index contributed by atoms with van der Waals surface area (Å²) in [4.78, 5) is 25.2. The van der Waals surface area contributed by atoms with E-state index in [9.17, 15) is 14.7 Å². The first kappa shape index (κ1) is 17.8. The average Bonchev–Trinajstić information content (AvgIpc) is 2.80. The highest BCUT2D eigenvalue weighted by Gasteiger charge is 2.19. The van der Waals surface area contributed by atoms with Crippen LogP contribution in [-0.4, -0.2) is 56.3 Å². The molecule has 1 aromatic heterocycles. The van der Waals surface area contributed by atoms with Crippen molar-refractivity contribution in [3.05, 3.63) is 17.5 Å². The number of fused-ring (bicyclic) bond motifs is 1. The molecule has 128 valence electrons. The van der Waals surface area contributed by atoms with Crippen LogP contribution in [0.3, 0.4) is 0 Å². The minimum absolute atomic E-state index is 0.0615. The Morgan fingerprint density at radius 3 is 2.96 bits per heavy atom. The summed E-state index contributed by atoms with van der Waals surface area (Å²) < 4.78 is 1.90. The van der Waals surface area contributed by atoms with Gasteiger partial charge in [0.15, 0.2) is 0 Å². The number of aryl methyl sites for hydroxylation is 1. The third-order valence-corrected chi connectivity index (χ3v) is 4.50. The lowest BCUT2D eigenvalue weighted by molar-refractivity contribution is -0.130. The fourth-order valence-electron chi connectivity index (χ4n) is 2.53. The van der Waals surface area contributed by atoms with Crippen molar-refractivity contribution >= 4 is 23.6 Å². The van der Waals surface area contributed by atoms with E-state index in [1.807, 2.05) is 17.0 Å². The van der Waals surface area contributed by atoms with Gasteiger partial charge in [-0.3, -0.25) is 14.3 Å². The lowest BCUT2D eigenvalue weighted by Gasteiger charge is -2.17. The molecule has 0 saturated heterocycles. The second kappa shape index (κ2) is 8.35. The van der Waals surface area contributed by atoms with E-state index in [4.69, 9.17) is 0 Å². The summed E-state index contributed by atoms with van der Waals surface area (Å²) >= 11 is 1.60. The second-order valence-electron chi connectivity index (χ2n) is 5.66. The standard InChI is InChI=1S/C15H24N4O3S/c1-11(20)18-5-3-6-19-13(10-18)8-12(17-19)9-16-15(22)14(21)4-7-23-2/h8,14,21H,3-7,9-10H2,1-2H3,(H,16,22). The molecule has 8 heteroatoms. The summed E-state index contributed by atoms with van der Waals surface area (Å²) in [6, 6.07) is 1.91. The van der Waals surface area contributed by atoms with Crippen LogP contribution in [0.5, 0.6) is 0 Å². The zero-order valence-corrected chi connectivity index (χ0v) is 14.4. The van der Waals surface area contributed by atoms with Crippen molar-refractivity contribution in [1.82, 2.24) is 20.0 Å². The fourth-order valence-corrected chi connectivity index (χ4v) is 2.99. The number of hydrogen-bond acceptors (Lipinski definition) is 5. The number of amides is 2. The maximum atomic E-state index is 11.8. The van der Waals surface area contributed by atoms with Crippen LogP contribution < -0.4 is 5.32 Å². The molecular formula is C15H24N4O3S. The maximum Gasteiger partial charge on any atom is 0.249 e. The quantitative estimate of drug-likeness (QED) is 0.781. The van der Waals surface area contributed by atoms with E-state index in [1.165, 1.54) is 0 Å². The molecule has 2 N–H and O–H groups in total. The molecule has 1 aliphatic heterocycles. The number of aliphatic hydroxyl groups is 1. The van der Waals surface area contributed by atoms with Gasteiger partial charge in [-0.25, -0.2) is 0 Å². The van der Waals surface area contributed by atoms with Gasteiger partial charge in [-0.05, 0) is 30.9 Å². The van der Waals surface area contributed by atoms with Crippen molar-refractivity contribution in [2.75, 3.05) is 18.6 Å². The Balaban J connectivity index is 1.92. The van der Waals surface area contributed by atoms with E-state index in [-0.39, 0.29) is 18.4 Å². The minimum Gasteiger partial charge on any atom is -0.383 e. The second-order valence-corrected chi connectivity index (χ2v) is 6.64. The van der Waals surface area contributed by atoms with Gasteiger partial charge in [-0.15, -0.1) is 0 Å². The summed E-state index contributed by atoms with van der Waals surface area (Å²) in [5.41, 5.74) is 1.72. The van der Waals surface area contributed by atoms with Crippen LogP contribution in [-0.2, 0) is 29.2 Å². The summed E-state index contributed by atoms with van der Waals surface area (Å²) in [5, 5.41) is 16.9. The average molecular weight is 340 g/mol. The van der Waals surface area contributed by atoms with Gasteiger partial charge in [-0.1, -0.05) is 0 Å². The monoisotopic (exact) mass is 340 g/mol. The highest BCUT2D eigenvalue weighted by molar-refractivity contribution is 7.98. The topological polar surface area (TPSA) is 87.5 Å². The van der Waals surface area contributed by atoms with Gasteiger partial charge in [-0.2, -0.15) is 16.9 Å². The number of nitrogens with one attached hydrogen (secondary N) is 1. The number of hydrogen-bond donors (Lipinski definition) is 2. The number of aliphatic hydroxyl groups excluding tert-OH is 1. The molecule has 2 heterocycles. The third kappa shape index (κ3) is 4.97. The number of thioether (sulfide) groups is 1. The first-order valence-electron chi connectivity index (χ1n) is 7.77. The molecule has 1 unspecified atom stereocenters. The molecule has 0 radical (unpaired) electrons. The largest absolute Gasteiger partial charge is 0.383 e. The summed E-state index contributed by atoms with van der Waals surface area (Å²) in [5.74, 6) is 0.438. The van der Waals surface area contributed by atoms with Crippen molar-refractivity contribution in [3.8, 4) is 0 Å². The molecule has 2 rings (SSSR count). The first-order valence-corrected chi connectivity index (χ1v) is 9.16. The molecule has 23 heavy (non-hydrogen) atoms. The van der Waals surface area contributed by atoms with Crippen molar-refractivity contribution in [2.45, 2.75) is 45.5 Å². The summed E-state index contributed by atoms with van der Waals surface area (Å²) in [6.45, 7) is 3.92. The van der Waals surface area contributed by atoms with E-state index in [1.54, 1.807) is 23.6 Å². The number of nitrogens with zero attached hydrogens (tertiary/aromatic N) is 3. The molecule has 0 bridgehead atoms. The maximum absolute atomic E-state index is 11.8. The highest BCUT2D eigenvalue weighted by atomic mass is 32.2. The SMILES string of the molecule is CSCCC(O)C(=O)NCc1cc2n(n1)CCCN(C(C)=O)C2. The smallest absolute Gasteiger partial charge is 0.249 e. The van der Waals surface area contributed by atoms with Crippen LogP contribution in [0, 0.1) is 0 Å². The normalized spacial score (nSPS) is 15.7. The molecule has 1 aromatic rings. The van der Waals surface area contributed by atoms with E-state index < -0.39 is 6.10 Å². The van der Waals surface area contributed by atoms with Gasteiger partial charge in [0.2, 0.25) is 11.8 Å². The number of aromatic nitrogens is 2. The molecule has 0 saturated carbocycles. The number of carbonyl (C=O) groups excluding carboxylic acids is 2. The molecule has 0 spiro atoms. The predicted octanol–water partition coefficient (Wildman–Crippen LogP) is 0.365. The van der Waals surface area contributed by atoms with Crippen LogP contribution in [0.15, 0.2) is 6.07 Å². The van der Waals surface area contributed by atoms with Crippen molar-refractivity contribution in [1.29, 1.82) is 0 Å². The Morgan fingerprint density at radius 1 is 1.48 bits per heavy atom. The molecule has 0 fully saturated rings. The van der Waals surface area contributed by atoms with E-state index in [0.29, 0.717) is 13.0 Å². The van der Waals surface area contributed by atoms with Gasteiger partial charge in [0.25, 0.3) is 0 Å². The van der Waals surface area contributed by atoms with Crippen LogP contribution in [0.4, 0.5) is 0 Å². The van der Waals surface area contributed by atoms with Crippen molar-refractivity contribution in [2.24, 2.45) is 0 Å². The van der Waals surface area contributed by atoms with Crippen molar-refractivity contribution in [3.63, 3.8) is 0 Å². The van der Waals surface area contributed by atoms with Crippen LogP contribution in [0.2, 0.25) is 0 Å². The van der Waals surface area contributed by atoms with Crippen LogP contribution in [0.25, 0.3) is 0 Å². The summed E-state index contributed by atoms with van der Waals surface area (Å²) in [6.07, 6.45) is 2.28. The molecule has 7 nitrogen and oxygen atoms in total. The Morgan fingerprint density at radius 2 is 2.26 bits per heavy atom. The fraction of sp³-hybridized carbons (Fsp3) is 0.667. The minimum atomic E-state index is -0.976. The summed E-state index contributed by atoms with van der Waals surface area (Å²) in [7, 11) is 0. The van der Waals surface area contributed by atoms with E-state index >= 15 is 0 Å². The Hall–Kier alpha value is -1.54. The van der Waals surface area contributed by atoms with Crippen LogP contribution in [0.1, 0.15) is 31.2 Å². The molecule has 1 aliphatic rings. The molecule has 1 atom stereocenters. The number of carbonyl (C=O) groups is 2. The van der Waals surface area contributed by atoms with Gasteiger partial charge in [0, 0.05) is 20.0 Å². The Labute approximate surface area is 140 Å². The Bertz CT molecular complexity index is 561. The van der Waals surface area contributed by atoms with E-state index in [2.05, 4.69) is 10.4 Å². The van der Waals surface area contributed by atoms with Crippen LogP contribution >= 0.6 is 11.8 Å². The molecular weight excluding hydrogens is 316 g/mol. The van der Waals surface area contributed by atoms with E-state index in [0.717, 1.165) is 36.7 Å². The molecule has 0 aromatic carbocycles. The zero-order chi connectivity index (χ0) is 16.8. The van der Waals surface area contributed by atoms with Gasteiger partial charge in [0.05, 0.1) is 24.5 Å². The number of rotatable bonds is 6.